The van der Waals surface area contributed by atoms with E-state index in [0.29, 0.717) is 6.42 Å². The Hall–Kier alpha value is -0.120. The lowest BCUT2D eigenvalue weighted by Crippen LogP contribution is -2.07. The van der Waals surface area contributed by atoms with Crippen LogP contribution in [0.25, 0.3) is 0 Å². The predicted octanol–water partition coefficient (Wildman–Crippen LogP) is 2.99. The highest BCUT2D eigenvalue weighted by Crippen LogP contribution is 2.23. The number of aliphatic hydroxyl groups excluding tert-OH is 1. The fraction of sp³-hybridized carbons (Fsp3) is 0.333. The summed E-state index contributed by atoms with van der Waals surface area (Å²) in [5.74, 6) is 0. The lowest BCUT2D eigenvalue weighted by atomic mass is 10.1. The topological polar surface area (TPSA) is 20.2 Å². The Balaban J connectivity index is 2.46. The normalized spacial score (nSPS) is 12.8. The van der Waals surface area contributed by atoms with Gasteiger partial charge >= 0.3 is 0 Å². The van der Waals surface area contributed by atoms with E-state index in [9.17, 15) is 5.11 Å². The highest BCUT2D eigenvalue weighted by Gasteiger charge is 2.04. The van der Waals surface area contributed by atoms with Gasteiger partial charge in [-0.2, -0.15) is 0 Å². The highest BCUT2D eigenvalue weighted by molar-refractivity contribution is 9.11. The van der Waals surface area contributed by atoms with Gasteiger partial charge in [0.05, 0.1) is 9.89 Å². The minimum atomic E-state index is -0.284. The van der Waals surface area contributed by atoms with Crippen molar-refractivity contribution in [3.63, 3.8) is 0 Å². The standard InChI is InChI=1S/C9H11BrOS/c1-2-3-7(11)6-8-4-5-9(10)12-8/h2,4-5,7,11H,1,3,6H2. The molecule has 1 nitrogen and oxygen atoms in total. The minimum Gasteiger partial charge on any atom is -0.392 e. The number of hydrogen-bond donors (Lipinski definition) is 1. The van der Waals surface area contributed by atoms with E-state index in [4.69, 9.17) is 0 Å². The third kappa shape index (κ3) is 3.09. The third-order valence-electron chi connectivity index (χ3n) is 1.50. The van der Waals surface area contributed by atoms with Gasteiger partial charge in [0.1, 0.15) is 0 Å². The first-order chi connectivity index (χ1) is 5.72. The van der Waals surface area contributed by atoms with E-state index in [1.807, 2.05) is 12.1 Å². The van der Waals surface area contributed by atoms with Crippen molar-refractivity contribution in [3.8, 4) is 0 Å². The molecular weight excluding hydrogens is 236 g/mol. The second-order valence-corrected chi connectivity index (χ2v) is 5.14. The van der Waals surface area contributed by atoms with Crippen LogP contribution in [0.2, 0.25) is 0 Å². The van der Waals surface area contributed by atoms with Gasteiger partial charge in [0.25, 0.3) is 0 Å². The van der Waals surface area contributed by atoms with E-state index < -0.39 is 0 Å². The molecule has 1 aromatic heterocycles. The van der Waals surface area contributed by atoms with Gasteiger partial charge in [-0.1, -0.05) is 6.08 Å². The van der Waals surface area contributed by atoms with Crippen molar-refractivity contribution in [1.29, 1.82) is 0 Å². The molecule has 0 fully saturated rings. The van der Waals surface area contributed by atoms with Gasteiger partial charge in [-0.25, -0.2) is 0 Å². The molecule has 1 aromatic rings. The van der Waals surface area contributed by atoms with E-state index in [1.54, 1.807) is 17.4 Å². The van der Waals surface area contributed by atoms with Crippen LogP contribution in [0.15, 0.2) is 28.6 Å². The molecule has 0 amide bonds. The van der Waals surface area contributed by atoms with E-state index >= 15 is 0 Å². The van der Waals surface area contributed by atoms with E-state index in [1.165, 1.54) is 4.88 Å². The van der Waals surface area contributed by atoms with Crippen LogP contribution >= 0.6 is 27.3 Å². The molecule has 0 bridgehead atoms. The van der Waals surface area contributed by atoms with Crippen LogP contribution in [0, 0.1) is 0 Å². The Morgan fingerprint density at radius 1 is 1.67 bits per heavy atom. The van der Waals surface area contributed by atoms with Gasteiger partial charge in [-0.3, -0.25) is 0 Å². The number of hydrogen-bond acceptors (Lipinski definition) is 2. The zero-order chi connectivity index (χ0) is 8.97. The molecule has 0 aromatic carbocycles. The van der Waals surface area contributed by atoms with Crippen molar-refractivity contribution < 1.29 is 5.11 Å². The Morgan fingerprint density at radius 3 is 2.92 bits per heavy atom. The predicted molar refractivity (Wildman–Crippen MR) is 56.5 cm³/mol. The smallest absolute Gasteiger partial charge is 0.0701 e. The first-order valence-electron chi connectivity index (χ1n) is 3.75. The lowest BCUT2D eigenvalue weighted by molar-refractivity contribution is 0.179. The van der Waals surface area contributed by atoms with E-state index in [-0.39, 0.29) is 6.10 Å². The molecule has 1 atom stereocenters. The number of thiophene rings is 1. The van der Waals surface area contributed by atoms with Crippen molar-refractivity contribution in [2.45, 2.75) is 18.9 Å². The molecule has 1 unspecified atom stereocenters. The summed E-state index contributed by atoms with van der Waals surface area (Å²) in [7, 11) is 0. The quantitative estimate of drug-likeness (QED) is 0.811. The fourth-order valence-corrected chi connectivity index (χ4v) is 2.52. The Morgan fingerprint density at radius 2 is 2.42 bits per heavy atom. The average molecular weight is 247 g/mol. The molecule has 0 aliphatic carbocycles. The summed E-state index contributed by atoms with van der Waals surface area (Å²) in [6.45, 7) is 3.58. The van der Waals surface area contributed by atoms with Crippen LogP contribution in [0.4, 0.5) is 0 Å². The van der Waals surface area contributed by atoms with Gasteiger partial charge < -0.3 is 5.11 Å². The van der Waals surface area contributed by atoms with Gasteiger partial charge in [-0.15, -0.1) is 17.9 Å². The maximum Gasteiger partial charge on any atom is 0.0701 e. The molecule has 3 heteroatoms. The van der Waals surface area contributed by atoms with Gasteiger partial charge in [-0.05, 0) is 34.5 Å². The summed E-state index contributed by atoms with van der Waals surface area (Å²) >= 11 is 5.04. The van der Waals surface area contributed by atoms with Crippen LogP contribution in [0.1, 0.15) is 11.3 Å². The van der Waals surface area contributed by atoms with Crippen molar-refractivity contribution in [3.05, 3.63) is 33.5 Å². The zero-order valence-electron chi connectivity index (χ0n) is 6.66. The van der Waals surface area contributed by atoms with Gasteiger partial charge in [0.15, 0.2) is 0 Å². The molecule has 12 heavy (non-hydrogen) atoms. The molecule has 0 spiro atoms. The van der Waals surface area contributed by atoms with Crippen molar-refractivity contribution in [2.24, 2.45) is 0 Å². The first-order valence-corrected chi connectivity index (χ1v) is 5.36. The average Bonchev–Trinajstić information content (AvgIpc) is 2.36. The van der Waals surface area contributed by atoms with E-state index in [2.05, 4.69) is 22.5 Å². The Labute approximate surface area is 84.9 Å². The fourth-order valence-electron chi connectivity index (χ4n) is 0.969. The lowest BCUT2D eigenvalue weighted by Gasteiger charge is -2.04. The number of aliphatic hydroxyl groups is 1. The maximum absolute atomic E-state index is 9.43. The van der Waals surface area contributed by atoms with Crippen molar-refractivity contribution in [2.75, 3.05) is 0 Å². The van der Waals surface area contributed by atoms with Crippen molar-refractivity contribution >= 4 is 27.3 Å². The van der Waals surface area contributed by atoms with Crippen LogP contribution in [0.3, 0.4) is 0 Å². The summed E-state index contributed by atoms with van der Waals surface area (Å²) in [5.41, 5.74) is 0. The number of halogens is 1. The summed E-state index contributed by atoms with van der Waals surface area (Å²) < 4.78 is 1.11. The molecular formula is C9H11BrOS. The molecule has 0 aliphatic rings. The molecule has 0 aliphatic heterocycles. The second-order valence-electron chi connectivity index (χ2n) is 2.59. The molecule has 1 rings (SSSR count). The summed E-state index contributed by atoms with van der Waals surface area (Å²) in [4.78, 5) is 1.20. The molecule has 1 N–H and O–H groups in total. The zero-order valence-corrected chi connectivity index (χ0v) is 9.07. The van der Waals surface area contributed by atoms with Crippen LogP contribution in [-0.4, -0.2) is 11.2 Å². The number of rotatable bonds is 4. The molecule has 0 radical (unpaired) electrons. The van der Waals surface area contributed by atoms with Gasteiger partial charge in [0.2, 0.25) is 0 Å². The largest absolute Gasteiger partial charge is 0.392 e. The summed E-state index contributed by atoms with van der Waals surface area (Å²) in [6, 6.07) is 4.03. The SMILES string of the molecule is C=CCC(O)Cc1ccc(Br)s1. The molecule has 0 saturated carbocycles. The van der Waals surface area contributed by atoms with Crippen LogP contribution < -0.4 is 0 Å². The summed E-state index contributed by atoms with van der Waals surface area (Å²) in [5, 5.41) is 9.43. The highest BCUT2D eigenvalue weighted by atomic mass is 79.9. The Bertz CT molecular complexity index is 257. The van der Waals surface area contributed by atoms with E-state index in [0.717, 1.165) is 10.2 Å². The molecule has 66 valence electrons. The Kier molecular flexibility index (Phi) is 3.98. The monoisotopic (exact) mass is 246 g/mol. The van der Waals surface area contributed by atoms with Gasteiger partial charge in [0, 0.05) is 11.3 Å². The van der Waals surface area contributed by atoms with Crippen LogP contribution in [-0.2, 0) is 6.42 Å². The molecule has 0 saturated heterocycles. The third-order valence-corrected chi connectivity index (χ3v) is 3.15. The second kappa shape index (κ2) is 4.80. The summed E-state index contributed by atoms with van der Waals surface area (Å²) in [6.07, 6.45) is 2.85. The van der Waals surface area contributed by atoms with Crippen molar-refractivity contribution in [1.82, 2.24) is 0 Å². The maximum atomic E-state index is 9.43. The first kappa shape index (κ1) is 9.96. The molecule has 1 heterocycles. The van der Waals surface area contributed by atoms with Crippen LogP contribution in [0.5, 0.6) is 0 Å². The minimum absolute atomic E-state index is 0.284.